The highest BCUT2D eigenvalue weighted by Gasteiger charge is 2.11. The Bertz CT molecular complexity index is 1410. The van der Waals surface area contributed by atoms with Crippen LogP contribution in [-0.2, 0) is 16.4 Å². The molecular weight excluding hydrogens is 464 g/mol. The Hall–Kier alpha value is -4.24. The van der Waals surface area contributed by atoms with Gasteiger partial charge in [-0.25, -0.2) is 18.4 Å². The first-order valence-corrected chi connectivity index (χ1v) is 12.7. The van der Waals surface area contributed by atoms with E-state index in [2.05, 4.69) is 32.1 Å². The quantitative estimate of drug-likeness (QED) is 0.362. The van der Waals surface area contributed by atoms with Crippen LogP contribution in [0.5, 0.6) is 5.75 Å². The molecule has 0 aliphatic carbocycles. The topological polar surface area (TPSA) is 110 Å². The third-order valence-electron chi connectivity index (χ3n) is 4.94. The molecule has 0 unspecified atom stereocenters. The minimum absolute atomic E-state index is 0.151. The van der Waals surface area contributed by atoms with Crippen LogP contribution in [0.2, 0.25) is 0 Å². The number of nitrogens with zero attached hydrogens (tertiary/aromatic N) is 2. The van der Waals surface area contributed by atoms with Crippen LogP contribution < -0.4 is 14.8 Å². The molecule has 0 fully saturated rings. The van der Waals surface area contributed by atoms with Crippen LogP contribution in [0.15, 0.2) is 91.1 Å². The fourth-order valence-corrected chi connectivity index (χ4v) is 3.81. The minimum atomic E-state index is -3.47. The SMILES string of the molecule is CS(=O)(=O)Nc1ccnc(-c2cccc(C(=O)Nc3ccc(OCCc4ccccc4)cc3)c2)n1. The van der Waals surface area contributed by atoms with E-state index in [-0.39, 0.29) is 11.7 Å². The number of anilines is 2. The number of nitrogens with one attached hydrogen (secondary N) is 2. The van der Waals surface area contributed by atoms with Crippen LogP contribution in [0.3, 0.4) is 0 Å². The van der Waals surface area contributed by atoms with Crippen LogP contribution in [-0.4, -0.2) is 37.2 Å². The molecule has 1 amide bonds. The van der Waals surface area contributed by atoms with Gasteiger partial charge in [0.05, 0.1) is 12.9 Å². The average molecular weight is 489 g/mol. The van der Waals surface area contributed by atoms with E-state index < -0.39 is 10.0 Å². The molecule has 9 heteroatoms. The van der Waals surface area contributed by atoms with E-state index in [1.807, 2.05) is 30.3 Å². The lowest BCUT2D eigenvalue weighted by molar-refractivity contribution is 0.102. The van der Waals surface area contributed by atoms with Gasteiger partial charge in [-0.1, -0.05) is 42.5 Å². The Morgan fingerprint density at radius 2 is 1.71 bits per heavy atom. The van der Waals surface area contributed by atoms with Gasteiger partial charge in [-0.15, -0.1) is 0 Å². The van der Waals surface area contributed by atoms with Crippen molar-refractivity contribution in [1.82, 2.24) is 9.97 Å². The van der Waals surface area contributed by atoms with E-state index in [1.165, 1.54) is 17.8 Å². The van der Waals surface area contributed by atoms with Crippen molar-refractivity contribution in [3.8, 4) is 17.1 Å². The third-order valence-corrected chi connectivity index (χ3v) is 5.52. The van der Waals surface area contributed by atoms with Crippen molar-refractivity contribution < 1.29 is 17.9 Å². The number of ether oxygens (including phenoxy) is 1. The summed E-state index contributed by atoms with van der Waals surface area (Å²) in [7, 11) is -3.47. The zero-order valence-corrected chi connectivity index (χ0v) is 19.8. The Kier molecular flexibility index (Phi) is 7.37. The van der Waals surface area contributed by atoms with E-state index in [0.29, 0.717) is 29.2 Å². The second kappa shape index (κ2) is 10.8. The van der Waals surface area contributed by atoms with Gasteiger partial charge in [0.25, 0.3) is 5.91 Å². The monoisotopic (exact) mass is 488 g/mol. The maximum absolute atomic E-state index is 12.8. The molecule has 8 nitrogen and oxygen atoms in total. The van der Waals surface area contributed by atoms with Crippen LogP contribution in [0.4, 0.5) is 11.5 Å². The third kappa shape index (κ3) is 7.12. The fraction of sp³-hybridized carbons (Fsp3) is 0.115. The molecule has 4 aromatic rings. The number of hydrogen-bond acceptors (Lipinski definition) is 6. The molecule has 0 bridgehead atoms. The molecule has 0 saturated carbocycles. The number of sulfonamides is 1. The zero-order valence-electron chi connectivity index (χ0n) is 19.0. The van der Waals surface area contributed by atoms with Crippen LogP contribution in [0, 0.1) is 0 Å². The van der Waals surface area contributed by atoms with Gasteiger partial charge in [0.1, 0.15) is 11.6 Å². The van der Waals surface area contributed by atoms with Crippen molar-refractivity contribution in [2.75, 3.05) is 22.9 Å². The summed E-state index contributed by atoms with van der Waals surface area (Å²) in [5.41, 5.74) is 2.83. The summed E-state index contributed by atoms with van der Waals surface area (Å²) in [4.78, 5) is 21.2. The van der Waals surface area contributed by atoms with E-state index >= 15 is 0 Å². The van der Waals surface area contributed by atoms with E-state index in [9.17, 15) is 13.2 Å². The summed E-state index contributed by atoms with van der Waals surface area (Å²) in [6, 6.07) is 25.5. The normalized spacial score (nSPS) is 11.0. The average Bonchev–Trinajstić information content (AvgIpc) is 2.85. The second-order valence-corrected chi connectivity index (χ2v) is 9.53. The molecule has 0 radical (unpaired) electrons. The largest absolute Gasteiger partial charge is 0.493 e. The number of carbonyl (C=O) groups is 1. The molecule has 1 heterocycles. The molecule has 0 spiro atoms. The molecule has 0 saturated heterocycles. The van der Waals surface area contributed by atoms with Gasteiger partial charge in [0.2, 0.25) is 10.0 Å². The van der Waals surface area contributed by atoms with Gasteiger partial charge in [0.15, 0.2) is 5.82 Å². The number of hydrogen-bond donors (Lipinski definition) is 2. The summed E-state index contributed by atoms with van der Waals surface area (Å²) >= 11 is 0. The molecule has 0 aliphatic heterocycles. The predicted molar refractivity (Wildman–Crippen MR) is 136 cm³/mol. The first-order chi connectivity index (χ1) is 16.9. The molecule has 0 atom stereocenters. The van der Waals surface area contributed by atoms with Gasteiger partial charge in [-0.2, -0.15) is 0 Å². The molecule has 35 heavy (non-hydrogen) atoms. The molecular formula is C26H24N4O4S. The number of aromatic nitrogens is 2. The maximum Gasteiger partial charge on any atom is 0.255 e. The number of rotatable bonds is 9. The van der Waals surface area contributed by atoms with Crippen molar-refractivity contribution in [1.29, 1.82) is 0 Å². The molecule has 1 aromatic heterocycles. The Morgan fingerprint density at radius 3 is 2.46 bits per heavy atom. The van der Waals surface area contributed by atoms with Crippen molar-refractivity contribution in [3.05, 3.63) is 102 Å². The summed E-state index contributed by atoms with van der Waals surface area (Å²) in [6.07, 6.45) is 3.31. The van der Waals surface area contributed by atoms with Gasteiger partial charge < -0.3 is 10.1 Å². The number of carbonyl (C=O) groups excluding carboxylic acids is 1. The van der Waals surface area contributed by atoms with Crippen LogP contribution in [0.1, 0.15) is 15.9 Å². The summed E-state index contributed by atoms with van der Waals surface area (Å²) in [5.74, 6) is 0.874. The van der Waals surface area contributed by atoms with E-state index in [4.69, 9.17) is 4.74 Å². The van der Waals surface area contributed by atoms with Crippen molar-refractivity contribution >= 4 is 27.4 Å². The highest BCUT2D eigenvalue weighted by atomic mass is 32.2. The molecule has 4 rings (SSSR count). The highest BCUT2D eigenvalue weighted by Crippen LogP contribution is 2.20. The van der Waals surface area contributed by atoms with Crippen molar-refractivity contribution in [3.63, 3.8) is 0 Å². The van der Waals surface area contributed by atoms with Crippen LogP contribution in [0.25, 0.3) is 11.4 Å². The summed E-state index contributed by atoms with van der Waals surface area (Å²) in [5, 5.41) is 2.86. The maximum atomic E-state index is 12.8. The summed E-state index contributed by atoms with van der Waals surface area (Å²) < 4.78 is 31.0. The molecule has 178 valence electrons. The first-order valence-electron chi connectivity index (χ1n) is 10.9. The van der Waals surface area contributed by atoms with E-state index in [0.717, 1.165) is 18.4 Å². The molecule has 3 aromatic carbocycles. The number of benzene rings is 3. The number of amides is 1. The first kappa shape index (κ1) is 23.9. The molecule has 2 N–H and O–H groups in total. The van der Waals surface area contributed by atoms with Gasteiger partial charge >= 0.3 is 0 Å². The van der Waals surface area contributed by atoms with Crippen LogP contribution >= 0.6 is 0 Å². The summed E-state index contributed by atoms with van der Waals surface area (Å²) in [6.45, 7) is 0.561. The van der Waals surface area contributed by atoms with E-state index in [1.54, 1.807) is 36.4 Å². The van der Waals surface area contributed by atoms with Gasteiger partial charge in [-0.3, -0.25) is 9.52 Å². The van der Waals surface area contributed by atoms with Crippen molar-refractivity contribution in [2.45, 2.75) is 6.42 Å². The standard InChI is InChI=1S/C26H24N4O4S/c1-35(32,33)30-24-14-16-27-25(29-24)20-8-5-9-21(18-20)26(31)28-22-10-12-23(13-11-22)34-17-15-19-6-3-2-4-7-19/h2-14,16,18H,15,17H2,1H3,(H,28,31)(H,27,29,30). The predicted octanol–water partition coefficient (Wildman–Crippen LogP) is 4.39. The van der Waals surface area contributed by atoms with Gasteiger partial charge in [-0.05, 0) is 48.0 Å². The second-order valence-electron chi connectivity index (χ2n) is 7.78. The Morgan fingerprint density at radius 1 is 0.943 bits per heavy atom. The lowest BCUT2D eigenvalue weighted by atomic mass is 10.1. The Labute approximate surface area is 204 Å². The van der Waals surface area contributed by atoms with Gasteiger partial charge in [0, 0.05) is 29.4 Å². The zero-order chi connectivity index (χ0) is 24.7. The van der Waals surface area contributed by atoms with Crippen molar-refractivity contribution in [2.24, 2.45) is 0 Å². The highest BCUT2D eigenvalue weighted by molar-refractivity contribution is 7.92. The Balaban J connectivity index is 1.38. The lowest BCUT2D eigenvalue weighted by Gasteiger charge is -2.09. The smallest absolute Gasteiger partial charge is 0.255 e. The molecule has 0 aliphatic rings. The minimum Gasteiger partial charge on any atom is -0.493 e. The lowest BCUT2D eigenvalue weighted by Crippen LogP contribution is -2.12. The fourth-order valence-electron chi connectivity index (χ4n) is 3.31.